The summed E-state index contributed by atoms with van der Waals surface area (Å²) in [6.45, 7) is 3.83. The fourth-order valence-corrected chi connectivity index (χ4v) is 2.77. The highest BCUT2D eigenvalue weighted by atomic mass is 16.5. The fourth-order valence-electron chi connectivity index (χ4n) is 2.77. The van der Waals surface area contributed by atoms with Crippen molar-refractivity contribution in [2.24, 2.45) is 13.0 Å². The highest BCUT2D eigenvalue weighted by Gasteiger charge is 2.22. The molecule has 1 aliphatic rings. The molecule has 0 aliphatic carbocycles. The number of rotatable bonds is 5. The van der Waals surface area contributed by atoms with Crippen LogP contribution in [0.3, 0.4) is 0 Å². The van der Waals surface area contributed by atoms with Gasteiger partial charge in [-0.1, -0.05) is 0 Å². The van der Waals surface area contributed by atoms with Gasteiger partial charge in [0, 0.05) is 50.9 Å². The Bertz CT molecular complexity index is 458. The van der Waals surface area contributed by atoms with E-state index in [0.717, 1.165) is 31.8 Å². The number of nitrogens with zero attached hydrogens (tertiary/aromatic N) is 4. The van der Waals surface area contributed by atoms with E-state index in [1.807, 2.05) is 22.7 Å². The van der Waals surface area contributed by atoms with Crippen LogP contribution in [0.15, 0.2) is 12.3 Å². The number of amides is 1. The molecule has 1 aromatic rings. The van der Waals surface area contributed by atoms with Crippen LogP contribution in [-0.4, -0.2) is 72.4 Å². The zero-order chi connectivity index (χ0) is 15.2. The third-order valence-corrected chi connectivity index (χ3v) is 3.83. The van der Waals surface area contributed by atoms with Crippen molar-refractivity contribution in [2.45, 2.75) is 12.8 Å². The standard InChI is InChI=1S/C15H26N4O2/c1-17(2)10-13-11-19(8-9-21-12-13)15(20)5-4-14-6-7-16-18(14)3/h6-7,13H,4-5,8-12H2,1-3H3/t13-/m1/s1. The van der Waals surface area contributed by atoms with Gasteiger partial charge in [-0.15, -0.1) is 0 Å². The normalized spacial score (nSPS) is 19.8. The lowest BCUT2D eigenvalue weighted by molar-refractivity contribution is -0.131. The van der Waals surface area contributed by atoms with E-state index in [1.54, 1.807) is 6.20 Å². The Kier molecular flexibility index (Phi) is 5.76. The average Bonchev–Trinajstić information content (AvgIpc) is 2.70. The first-order valence-electron chi connectivity index (χ1n) is 7.53. The molecule has 1 saturated heterocycles. The maximum atomic E-state index is 12.4. The van der Waals surface area contributed by atoms with Crippen molar-refractivity contribution in [3.05, 3.63) is 18.0 Å². The summed E-state index contributed by atoms with van der Waals surface area (Å²) in [5.41, 5.74) is 1.10. The van der Waals surface area contributed by atoms with E-state index in [4.69, 9.17) is 4.74 Å². The molecule has 1 aliphatic heterocycles. The molecule has 1 atom stereocenters. The van der Waals surface area contributed by atoms with Gasteiger partial charge in [0.1, 0.15) is 0 Å². The van der Waals surface area contributed by atoms with Crippen LogP contribution in [0.1, 0.15) is 12.1 Å². The summed E-state index contributed by atoms with van der Waals surface area (Å²) in [4.78, 5) is 16.5. The lowest BCUT2D eigenvalue weighted by Crippen LogP contribution is -2.38. The van der Waals surface area contributed by atoms with Gasteiger partial charge >= 0.3 is 0 Å². The monoisotopic (exact) mass is 294 g/mol. The number of hydrogen-bond acceptors (Lipinski definition) is 4. The first-order chi connectivity index (χ1) is 10.1. The summed E-state index contributed by atoms with van der Waals surface area (Å²) >= 11 is 0. The van der Waals surface area contributed by atoms with Crippen LogP contribution in [0.4, 0.5) is 0 Å². The van der Waals surface area contributed by atoms with Crippen molar-refractivity contribution in [1.29, 1.82) is 0 Å². The molecule has 2 rings (SSSR count). The van der Waals surface area contributed by atoms with Gasteiger partial charge in [-0.3, -0.25) is 9.48 Å². The third-order valence-electron chi connectivity index (χ3n) is 3.83. The molecule has 0 spiro atoms. The van der Waals surface area contributed by atoms with Crippen LogP contribution in [0, 0.1) is 5.92 Å². The van der Waals surface area contributed by atoms with Gasteiger partial charge in [-0.25, -0.2) is 0 Å². The van der Waals surface area contributed by atoms with Crippen LogP contribution in [0.5, 0.6) is 0 Å². The molecule has 118 valence electrons. The molecule has 6 heteroatoms. The van der Waals surface area contributed by atoms with Crippen molar-refractivity contribution in [3.63, 3.8) is 0 Å². The molecule has 0 radical (unpaired) electrons. The Morgan fingerprint density at radius 3 is 3.00 bits per heavy atom. The smallest absolute Gasteiger partial charge is 0.223 e. The molecule has 1 fully saturated rings. The van der Waals surface area contributed by atoms with Crippen LogP contribution in [0.2, 0.25) is 0 Å². The minimum Gasteiger partial charge on any atom is -0.379 e. The first kappa shape index (κ1) is 16.0. The quantitative estimate of drug-likeness (QED) is 0.788. The fraction of sp³-hybridized carbons (Fsp3) is 0.733. The topological polar surface area (TPSA) is 50.6 Å². The second-order valence-corrected chi connectivity index (χ2v) is 5.99. The maximum Gasteiger partial charge on any atom is 0.223 e. The number of hydrogen-bond donors (Lipinski definition) is 0. The Morgan fingerprint density at radius 2 is 2.33 bits per heavy atom. The van der Waals surface area contributed by atoms with E-state index in [-0.39, 0.29) is 5.91 Å². The van der Waals surface area contributed by atoms with E-state index in [1.165, 1.54) is 0 Å². The summed E-state index contributed by atoms with van der Waals surface area (Å²) in [5.74, 6) is 0.605. The van der Waals surface area contributed by atoms with Crippen molar-refractivity contribution in [3.8, 4) is 0 Å². The maximum absolute atomic E-state index is 12.4. The van der Waals surface area contributed by atoms with E-state index in [2.05, 4.69) is 24.1 Å². The first-order valence-corrected chi connectivity index (χ1v) is 7.53. The molecule has 6 nitrogen and oxygen atoms in total. The van der Waals surface area contributed by atoms with Crippen molar-refractivity contribution in [2.75, 3.05) is 46.9 Å². The second kappa shape index (κ2) is 7.56. The summed E-state index contributed by atoms with van der Waals surface area (Å²) in [6, 6.07) is 1.97. The minimum absolute atomic E-state index is 0.213. The van der Waals surface area contributed by atoms with Crippen LogP contribution in [0.25, 0.3) is 0 Å². The van der Waals surface area contributed by atoms with Gasteiger partial charge in [0.2, 0.25) is 5.91 Å². The number of aryl methyl sites for hydroxylation is 2. The average molecular weight is 294 g/mol. The molecule has 1 aromatic heterocycles. The van der Waals surface area contributed by atoms with Crippen LogP contribution < -0.4 is 0 Å². The molecule has 0 saturated carbocycles. The number of ether oxygens (including phenoxy) is 1. The third kappa shape index (κ3) is 4.82. The van der Waals surface area contributed by atoms with Gasteiger partial charge in [0.15, 0.2) is 0 Å². The predicted molar refractivity (Wildman–Crippen MR) is 81.0 cm³/mol. The van der Waals surface area contributed by atoms with Gasteiger partial charge in [-0.05, 0) is 26.6 Å². The summed E-state index contributed by atoms with van der Waals surface area (Å²) in [7, 11) is 6.02. The second-order valence-electron chi connectivity index (χ2n) is 5.99. The molecule has 0 bridgehead atoms. The molecular formula is C15H26N4O2. The Morgan fingerprint density at radius 1 is 1.52 bits per heavy atom. The number of carbonyl (C=O) groups is 1. The number of aromatic nitrogens is 2. The highest BCUT2D eigenvalue weighted by Crippen LogP contribution is 2.11. The zero-order valence-electron chi connectivity index (χ0n) is 13.3. The molecule has 0 N–H and O–H groups in total. The Labute approximate surface area is 126 Å². The predicted octanol–water partition coefficient (Wildman–Crippen LogP) is 0.389. The SMILES string of the molecule is CN(C)C[C@H]1COCCN(C(=O)CCc2ccnn2C)C1. The van der Waals surface area contributed by atoms with Gasteiger partial charge in [-0.2, -0.15) is 5.10 Å². The molecule has 21 heavy (non-hydrogen) atoms. The largest absolute Gasteiger partial charge is 0.379 e. The van der Waals surface area contributed by atoms with E-state index in [0.29, 0.717) is 25.5 Å². The molecule has 0 aromatic carbocycles. The van der Waals surface area contributed by atoms with Gasteiger partial charge in [0.05, 0.1) is 13.2 Å². The Balaban J connectivity index is 1.86. The van der Waals surface area contributed by atoms with Crippen molar-refractivity contribution in [1.82, 2.24) is 19.6 Å². The highest BCUT2D eigenvalue weighted by molar-refractivity contribution is 5.76. The number of carbonyl (C=O) groups excluding carboxylic acids is 1. The van der Waals surface area contributed by atoms with Crippen LogP contribution in [-0.2, 0) is 23.0 Å². The van der Waals surface area contributed by atoms with Gasteiger partial charge in [0.25, 0.3) is 0 Å². The van der Waals surface area contributed by atoms with E-state index in [9.17, 15) is 4.79 Å². The van der Waals surface area contributed by atoms with Gasteiger partial charge < -0.3 is 14.5 Å². The van der Waals surface area contributed by atoms with E-state index >= 15 is 0 Å². The molecular weight excluding hydrogens is 268 g/mol. The summed E-state index contributed by atoms with van der Waals surface area (Å²) in [5, 5.41) is 4.13. The summed E-state index contributed by atoms with van der Waals surface area (Å²) < 4.78 is 7.45. The molecule has 2 heterocycles. The molecule has 1 amide bonds. The van der Waals surface area contributed by atoms with E-state index < -0.39 is 0 Å². The minimum atomic E-state index is 0.213. The van der Waals surface area contributed by atoms with Crippen LogP contribution >= 0.6 is 0 Å². The summed E-state index contributed by atoms with van der Waals surface area (Å²) in [6.07, 6.45) is 3.05. The van der Waals surface area contributed by atoms with Crippen molar-refractivity contribution < 1.29 is 9.53 Å². The van der Waals surface area contributed by atoms with Crippen molar-refractivity contribution >= 4 is 5.91 Å². The zero-order valence-corrected chi connectivity index (χ0v) is 13.3. The Hall–Kier alpha value is -1.40. The lowest BCUT2D eigenvalue weighted by atomic mass is 10.1. The molecule has 0 unspecified atom stereocenters. The lowest BCUT2D eigenvalue weighted by Gasteiger charge is -2.25.